The van der Waals surface area contributed by atoms with Crippen molar-refractivity contribution in [1.29, 1.82) is 0 Å². The van der Waals surface area contributed by atoms with Crippen LogP contribution >= 0.6 is 34.7 Å². The third-order valence-corrected chi connectivity index (χ3v) is 7.74. The van der Waals surface area contributed by atoms with Gasteiger partial charge in [0, 0.05) is 22.5 Å². The number of halogens is 1. The zero-order valence-corrected chi connectivity index (χ0v) is 23.0. The summed E-state index contributed by atoms with van der Waals surface area (Å²) in [5, 5.41) is 12.9. The third kappa shape index (κ3) is 6.15. The van der Waals surface area contributed by atoms with E-state index >= 15 is 0 Å². The van der Waals surface area contributed by atoms with E-state index in [2.05, 4.69) is 15.5 Å². The molecular weight excluding hydrogens is 532 g/mol. The second-order valence-corrected chi connectivity index (χ2v) is 10.7. The summed E-state index contributed by atoms with van der Waals surface area (Å²) in [5.41, 5.74) is 1.99. The number of aryl methyl sites for hydroxylation is 1. The van der Waals surface area contributed by atoms with Crippen molar-refractivity contribution in [2.24, 2.45) is 7.05 Å². The van der Waals surface area contributed by atoms with Crippen LogP contribution in [0.2, 0.25) is 5.02 Å². The molecule has 0 bridgehead atoms. The first-order chi connectivity index (χ1) is 17.8. The Morgan fingerprint density at radius 1 is 1.16 bits per heavy atom. The predicted molar refractivity (Wildman–Crippen MR) is 147 cm³/mol. The van der Waals surface area contributed by atoms with Crippen LogP contribution in [0.25, 0.3) is 11.1 Å². The zero-order valence-electron chi connectivity index (χ0n) is 20.6. The maximum absolute atomic E-state index is 12.9. The summed E-state index contributed by atoms with van der Waals surface area (Å²) < 4.78 is 12.7. The summed E-state index contributed by atoms with van der Waals surface area (Å²) in [7, 11) is 3.14. The van der Waals surface area contributed by atoms with E-state index in [1.165, 1.54) is 30.2 Å². The topological polar surface area (TPSA) is 95.3 Å². The average molecular weight is 557 g/mol. The number of nitrogens with one attached hydrogen (secondary N) is 1. The molecule has 4 aromatic rings. The molecule has 4 rings (SSSR count). The van der Waals surface area contributed by atoms with E-state index in [-0.39, 0.29) is 17.8 Å². The summed E-state index contributed by atoms with van der Waals surface area (Å²) in [5.74, 6) is 0.534. The van der Waals surface area contributed by atoms with Crippen molar-refractivity contribution in [1.82, 2.24) is 14.8 Å². The number of ether oxygens (including phenoxy) is 2. The Morgan fingerprint density at radius 3 is 2.62 bits per heavy atom. The van der Waals surface area contributed by atoms with Gasteiger partial charge in [0.25, 0.3) is 0 Å². The highest BCUT2D eigenvalue weighted by atomic mass is 35.5. The Kier molecular flexibility index (Phi) is 8.52. The smallest absolute Gasteiger partial charge is 0.341 e. The number of anilines is 1. The van der Waals surface area contributed by atoms with Crippen LogP contribution in [0.3, 0.4) is 0 Å². The highest BCUT2D eigenvalue weighted by Crippen LogP contribution is 2.40. The zero-order chi connectivity index (χ0) is 26.5. The number of nitrogens with zero attached hydrogens (tertiary/aromatic N) is 3. The second kappa shape index (κ2) is 11.8. The number of thiophene rings is 1. The van der Waals surface area contributed by atoms with Gasteiger partial charge in [0.05, 0.1) is 12.9 Å². The molecule has 1 N–H and O–H groups in total. The summed E-state index contributed by atoms with van der Waals surface area (Å²) >= 11 is 8.61. The Hall–Kier alpha value is -3.34. The number of carbonyl (C=O) groups excluding carboxylic acids is 2. The van der Waals surface area contributed by atoms with E-state index in [9.17, 15) is 9.59 Å². The Morgan fingerprint density at radius 2 is 1.92 bits per heavy atom. The van der Waals surface area contributed by atoms with E-state index in [1.807, 2.05) is 63.4 Å². The second-order valence-electron chi connectivity index (χ2n) is 8.05. The molecule has 0 aliphatic heterocycles. The molecule has 0 spiro atoms. The van der Waals surface area contributed by atoms with Gasteiger partial charge in [0.15, 0.2) is 17.1 Å². The fourth-order valence-electron chi connectivity index (χ4n) is 3.78. The molecule has 2 aromatic carbocycles. The Balaban J connectivity index is 1.45. The lowest BCUT2D eigenvalue weighted by Crippen LogP contribution is -2.16. The van der Waals surface area contributed by atoms with Gasteiger partial charge in [0.2, 0.25) is 5.91 Å². The van der Waals surface area contributed by atoms with Crippen molar-refractivity contribution in [2.75, 3.05) is 18.2 Å². The van der Waals surface area contributed by atoms with Gasteiger partial charge < -0.3 is 19.4 Å². The number of hydrogen-bond acceptors (Lipinski definition) is 8. The van der Waals surface area contributed by atoms with E-state index in [4.69, 9.17) is 21.1 Å². The maximum Gasteiger partial charge on any atom is 0.341 e. The number of aromatic nitrogens is 3. The van der Waals surface area contributed by atoms with Crippen molar-refractivity contribution in [3.8, 4) is 16.9 Å². The van der Waals surface area contributed by atoms with Gasteiger partial charge in [-0.15, -0.1) is 21.5 Å². The number of methoxy groups -OCH3 is 1. The SMILES string of the molecule is COC(=O)c1c(NC(=O)CSc2nnc(C(C)Oc3cccc(Cl)c3)n2C)sc(C)c1-c1ccccc1. The Bertz CT molecular complexity index is 1420. The molecule has 1 amide bonds. The van der Waals surface area contributed by atoms with Gasteiger partial charge in [-0.1, -0.05) is 59.8 Å². The normalized spacial score (nSPS) is 11.7. The van der Waals surface area contributed by atoms with Gasteiger partial charge in [-0.3, -0.25) is 4.79 Å². The molecule has 0 aliphatic rings. The van der Waals surface area contributed by atoms with Crippen molar-refractivity contribution >= 4 is 51.6 Å². The minimum Gasteiger partial charge on any atom is -0.483 e. The van der Waals surface area contributed by atoms with Gasteiger partial charge >= 0.3 is 5.97 Å². The maximum atomic E-state index is 12.9. The number of esters is 1. The molecule has 2 aromatic heterocycles. The van der Waals surface area contributed by atoms with E-state index < -0.39 is 5.97 Å². The average Bonchev–Trinajstić information content (AvgIpc) is 3.41. The molecule has 0 aliphatic carbocycles. The molecular formula is C26H25ClN4O4S2. The summed E-state index contributed by atoms with van der Waals surface area (Å²) in [4.78, 5) is 26.4. The molecule has 37 heavy (non-hydrogen) atoms. The van der Waals surface area contributed by atoms with Crippen LogP contribution in [0.15, 0.2) is 59.8 Å². The van der Waals surface area contributed by atoms with Crippen LogP contribution in [0.5, 0.6) is 5.75 Å². The number of carbonyl (C=O) groups is 2. The van der Waals surface area contributed by atoms with Gasteiger partial charge in [-0.2, -0.15) is 0 Å². The molecule has 8 nitrogen and oxygen atoms in total. The lowest BCUT2D eigenvalue weighted by molar-refractivity contribution is -0.113. The quantitative estimate of drug-likeness (QED) is 0.195. The first kappa shape index (κ1) is 26.7. The minimum absolute atomic E-state index is 0.0771. The van der Waals surface area contributed by atoms with Gasteiger partial charge in [-0.05, 0) is 37.6 Å². The standard InChI is InChI=1S/C26H25ClN4O4S2/c1-15(35-19-12-8-11-18(27)13-19)23-29-30-26(31(23)3)36-14-20(32)28-24-22(25(33)34-4)21(16(2)37-24)17-9-6-5-7-10-17/h5-13,15H,14H2,1-4H3,(H,28,32). The van der Waals surface area contributed by atoms with Gasteiger partial charge in [-0.25, -0.2) is 4.79 Å². The molecule has 0 radical (unpaired) electrons. The number of thioether (sulfide) groups is 1. The summed E-state index contributed by atoms with van der Waals surface area (Å²) in [6, 6.07) is 16.7. The molecule has 1 atom stereocenters. The molecule has 2 heterocycles. The highest BCUT2D eigenvalue weighted by Gasteiger charge is 2.25. The lowest BCUT2D eigenvalue weighted by atomic mass is 10.0. The lowest BCUT2D eigenvalue weighted by Gasteiger charge is -2.14. The number of benzene rings is 2. The predicted octanol–water partition coefficient (Wildman–Crippen LogP) is 6.16. The molecule has 11 heteroatoms. The first-order valence-electron chi connectivity index (χ1n) is 11.3. The molecule has 192 valence electrons. The van der Waals surface area contributed by atoms with Crippen molar-refractivity contribution in [3.05, 3.63) is 75.9 Å². The Labute approximate surface area is 228 Å². The first-order valence-corrected chi connectivity index (χ1v) is 13.5. The van der Waals surface area contributed by atoms with Crippen molar-refractivity contribution in [2.45, 2.75) is 25.1 Å². The molecule has 0 fully saturated rings. The van der Waals surface area contributed by atoms with Crippen LogP contribution in [-0.2, 0) is 16.6 Å². The van der Waals surface area contributed by atoms with Crippen LogP contribution < -0.4 is 10.1 Å². The van der Waals surface area contributed by atoms with Gasteiger partial charge in [0.1, 0.15) is 16.3 Å². The van der Waals surface area contributed by atoms with Crippen LogP contribution in [-0.4, -0.2) is 39.5 Å². The van der Waals surface area contributed by atoms with Crippen LogP contribution in [0, 0.1) is 6.92 Å². The molecule has 0 saturated heterocycles. The molecule has 1 unspecified atom stereocenters. The third-order valence-electron chi connectivity index (χ3n) is 5.46. The van der Waals surface area contributed by atoms with Crippen molar-refractivity contribution in [3.63, 3.8) is 0 Å². The monoisotopic (exact) mass is 556 g/mol. The number of rotatable bonds is 9. The van der Waals surface area contributed by atoms with E-state index in [0.717, 1.165) is 16.0 Å². The largest absolute Gasteiger partial charge is 0.483 e. The fourth-order valence-corrected chi connectivity index (χ4v) is 5.76. The van der Waals surface area contributed by atoms with E-state index in [1.54, 1.807) is 16.7 Å². The summed E-state index contributed by atoms with van der Waals surface area (Å²) in [6.07, 6.45) is -0.382. The number of hydrogen-bond donors (Lipinski definition) is 1. The highest BCUT2D eigenvalue weighted by molar-refractivity contribution is 7.99. The summed E-state index contributed by atoms with van der Waals surface area (Å²) in [6.45, 7) is 3.78. The van der Waals surface area contributed by atoms with Crippen LogP contribution in [0.4, 0.5) is 5.00 Å². The van der Waals surface area contributed by atoms with Crippen LogP contribution in [0.1, 0.15) is 34.1 Å². The fraction of sp³-hybridized carbons (Fsp3) is 0.231. The molecule has 0 saturated carbocycles. The van der Waals surface area contributed by atoms with Crippen molar-refractivity contribution < 1.29 is 19.1 Å². The minimum atomic E-state index is -0.502. The van der Waals surface area contributed by atoms with E-state index in [0.29, 0.717) is 32.3 Å². The number of amides is 1.